The normalized spacial score (nSPS) is 13.0. The van der Waals surface area contributed by atoms with Crippen LogP contribution in [-0.2, 0) is 29.5 Å². The van der Waals surface area contributed by atoms with Crippen molar-refractivity contribution in [3.05, 3.63) is 142 Å². The highest BCUT2D eigenvalue weighted by Crippen LogP contribution is 2.35. The van der Waals surface area contributed by atoms with Gasteiger partial charge in [0, 0.05) is 36.9 Å². The number of nitrogens with zero attached hydrogens (tertiary/aromatic N) is 2. The van der Waals surface area contributed by atoms with Gasteiger partial charge in [0.25, 0.3) is 5.92 Å². The Morgan fingerprint density at radius 3 is 2.04 bits per heavy atom. The Hall–Kier alpha value is -4.18. The lowest BCUT2D eigenvalue weighted by Crippen LogP contribution is -2.44. The standard InChI is InChI=1S/C36H40F2N2O5/c1-35(41,32-21-22-34(33(25-32)40(42)43)45-27-30-17-9-5-10-18-30)39(26-29-15-7-4-8-16-29)23-13-2-3-14-24-44-28-36(37,38)31-19-11-6-12-20-31/h4-12,15-22,25,41H,2-3,13-14,23-24,26-28H2,1H3/t35-/m1/s1. The van der Waals surface area contributed by atoms with Crippen molar-refractivity contribution in [2.75, 3.05) is 19.8 Å². The number of unbranched alkanes of at least 4 members (excludes halogenated alkanes) is 3. The monoisotopic (exact) mass is 618 g/mol. The van der Waals surface area contributed by atoms with Gasteiger partial charge < -0.3 is 14.6 Å². The molecular formula is C36H40F2N2O5. The molecule has 0 bridgehead atoms. The van der Waals surface area contributed by atoms with Crippen LogP contribution in [0.5, 0.6) is 5.75 Å². The van der Waals surface area contributed by atoms with Crippen LogP contribution in [0.2, 0.25) is 0 Å². The second-order valence-corrected chi connectivity index (χ2v) is 11.2. The fourth-order valence-electron chi connectivity index (χ4n) is 5.08. The Morgan fingerprint density at radius 1 is 0.800 bits per heavy atom. The van der Waals surface area contributed by atoms with E-state index in [2.05, 4.69) is 0 Å². The lowest BCUT2D eigenvalue weighted by atomic mass is 10.00. The largest absolute Gasteiger partial charge is 0.482 e. The average Bonchev–Trinajstić information content (AvgIpc) is 3.05. The molecular weight excluding hydrogens is 578 g/mol. The number of rotatable bonds is 18. The van der Waals surface area contributed by atoms with Crippen LogP contribution >= 0.6 is 0 Å². The van der Waals surface area contributed by atoms with E-state index in [4.69, 9.17) is 9.47 Å². The molecule has 0 aliphatic carbocycles. The zero-order valence-corrected chi connectivity index (χ0v) is 25.5. The van der Waals surface area contributed by atoms with Crippen LogP contribution in [0.4, 0.5) is 14.5 Å². The van der Waals surface area contributed by atoms with E-state index < -0.39 is 23.2 Å². The van der Waals surface area contributed by atoms with Crippen LogP contribution in [0, 0.1) is 10.1 Å². The molecule has 0 spiro atoms. The number of alkyl halides is 2. The molecule has 4 aromatic rings. The predicted molar refractivity (Wildman–Crippen MR) is 170 cm³/mol. The number of nitro groups is 1. The Morgan fingerprint density at radius 2 is 1.40 bits per heavy atom. The summed E-state index contributed by atoms with van der Waals surface area (Å²) in [5.41, 5.74) is 0.447. The first-order valence-electron chi connectivity index (χ1n) is 15.1. The number of hydrogen-bond donors (Lipinski definition) is 1. The van der Waals surface area contributed by atoms with Gasteiger partial charge >= 0.3 is 5.69 Å². The number of ether oxygens (including phenoxy) is 2. The van der Waals surface area contributed by atoms with Gasteiger partial charge in [-0.25, -0.2) is 0 Å². The maximum absolute atomic E-state index is 14.3. The van der Waals surface area contributed by atoms with Gasteiger partial charge in [0.05, 0.1) is 4.92 Å². The molecule has 9 heteroatoms. The zero-order chi connectivity index (χ0) is 32.1. The molecule has 4 aromatic carbocycles. The summed E-state index contributed by atoms with van der Waals surface area (Å²) in [5.74, 6) is -2.91. The highest BCUT2D eigenvalue weighted by atomic mass is 19.3. The summed E-state index contributed by atoms with van der Waals surface area (Å²) in [5, 5.41) is 23.8. The van der Waals surface area contributed by atoms with Crippen molar-refractivity contribution < 1.29 is 28.3 Å². The van der Waals surface area contributed by atoms with E-state index in [0.29, 0.717) is 25.1 Å². The SMILES string of the molecule is C[C@@](O)(c1ccc(OCc2ccccc2)c([N+](=O)[O-])c1)N(CCCCCCOCC(F)(F)c1ccccc1)Cc1ccccc1. The molecule has 0 saturated heterocycles. The van der Waals surface area contributed by atoms with E-state index in [0.717, 1.165) is 30.4 Å². The molecule has 1 atom stereocenters. The van der Waals surface area contributed by atoms with Crippen LogP contribution in [-0.4, -0.2) is 34.7 Å². The van der Waals surface area contributed by atoms with Gasteiger partial charge in [0.2, 0.25) is 0 Å². The van der Waals surface area contributed by atoms with E-state index in [1.807, 2.05) is 65.6 Å². The Balaban J connectivity index is 1.35. The predicted octanol–water partition coefficient (Wildman–Crippen LogP) is 8.21. The van der Waals surface area contributed by atoms with Gasteiger partial charge in [-0.15, -0.1) is 0 Å². The first kappa shape index (κ1) is 33.7. The van der Waals surface area contributed by atoms with E-state index in [9.17, 15) is 24.0 Å². The molecule has 1 N–H and O–H groups in total. The summed E-state index contributed by atoms with van der Waals surface area (Å²) >= 11 is 0. The minimum atomic E-state index is -3.04. The molecule has 0 fully saturated rings. The second-order valence-electron chi connectivity index (χ2n) is 11.2. The highest BCUT2D eigenvalue weighted by Gasteiger charge is 2.34. The van der Waals surface area contributed by atoms with Gasteiger partial charge in [0.15, 0.2) is 5.75 Å². The molecule has 0 saturated carbocycles. The molecule has 7 nitrogen and oxygen atoms in total. The maximum atomic E-state index is 14.3. The minimum absolute atomic E-state index is 0.0600. The maximum Gasteiger partial charge on any atom is 0.311 e. The molecule has 4 rings (SSSR count). The fourth-order valence-corrected chi connectivity index (χ4v) is 5.08. The summed E-state index contributed by atoms with van der Waals surface area (Å²) in [7, 11) is 0. The summed E-state index contributed by atoms with van der Waals surface area (Å²) in [6.07, 6.45) is 2.93. The van der Waals surface area contributed by atoms with Crippen LogP contribution in [0.1, 0.15) is 54.9 Å². The minimum Gasteiger partial charge on any atom is -0.482 e. The molecule has 45 heavy (non-hydrogen) atoms. The highest BCUT2D eigenvalue weighted by molar-refractivity contribution is 5.50. The Bertz CT molecular complexity index is 1470. The molecule has 0 aromatic heterocycles. The fraction of sp³-hybridized carbons (Fsp3) is 0.333. The molecule has 0 unspecified atom stereocenters. The van der Waals surface area contributed by atoms with E-state index in [1.54, 1.807) is 31.2 Å². The summed E-state index contributed by atoms with van der Waals surface area (Å²) in [6.45, 7) is 2.32. The molecule has 0 amide bonds. The Kier molecular flexibility index (Phi) is 12.2. The quantitative estimate of drug-likeness (QED) is 0.0524. The number of hydrogen-bond acceptors (Lipinski definition) is 6. The Labute approximate surface area is 263 Å². The van der Waals surface area contributed by atoms with Crippen LogP contribution in [0.15, 0.2) is 109 Å². The van der Waals surface area contributed by atoms with Crippen LogP contribution < -0.4 is 4.74 Å². The summed E-state index contributed by atoms with van der Waals surface area (Å²) in [4.78, 5) is 13.4. The van der Waals surface area contributed by atoms with Crippen LogP contribution in [0.25, 0.3) is 0 Å². The lowest BCUT2D eigenvalue weighted by molar-refractivity contribution is -0.386. The average molecular weight is 619 g/mol. The third-order valence-corrected chi connectivity index (χ3v) is 7.72. The molecule has 0 heterocycles. The van der Waals surface area contributed by atoms with Gasteiger partial charge in [-0.3, -0.25) is 15.0 Å². The van der Waals surface area contributed by atoms with Crippen molar-refractivity contribution in [1.29, 1.82) is 0 Å². The summed E-state index contributed by atoms with van der Waals surface area (Å²) < 4.78 is 39.7. The number of halogens is 2. The van der Waals surface area contributed by atoms with E-state index >= 15 is 0 Å². The van der Waals surface area contributed by atoms with E-state index in [-0.39, 0.29) is 30.2 Å². The molecule has 0 aliphatic rings. The van der Waals surface area contributed by atoms with E-state index in [1.165, 1.54) is 24.3 Å². The smallest absolute Gasteiger partial charge is 0.311 e. The van der Waals surface area contributed by atoms with Crippen molar-refractivity contribution >= 4 is 5.69 Å². The number of nitro benzene ring substituents is 1. The van der Waals surface area contributed by atoms with Gasteiger partial charge in [-0.05, 0) is 37.0 Å². The number of aliphatic hydroxyl groups is 1. The van der Waals surface area contributed by atoms with Crippen LogP contribution in [0.3, 0.4) is 0 Å². The van der Waals surface area contributed by atoms with Crippen molar-refractivity contribution in [3.8, 4) is 5.75 Å². The van der Waals surface area contributed by atoms with Crippen molar-refractivity contribution in [2.45, 2.75) is 57.4 Å². The second kappa shape index (κ2) is 16.2. The summed E-state index contributed by atoms with van der Waals surface area (Å²) in [6, 6.07) is 31.3. The first-order valence-corrected chi connectivity index (χ1v) is 15.1. The lowest BCUT2D eigenvalue weighted by Gasteiger charge is -2.37. The number of benzene rings is 4. The van der Waals surface area contributed by atoms with Crippen molar-refractivity contribution in [3.63, 3.8) is 0 Å². The molecule has 0 radical (unpaired) electrons. The van der Waals surface area contributed by atoms with Gasteiger partial charge in [-0.2, -0.15) is 8.78 Å². The van der Waals surface area contributed by atoms with Crippen molar-refractivity contribution in [1.82, 2.24) is 4.90 Å². The topological polar surface area (TPSA) is 85.1 Å². The molecule has 0 aliphatic heterocycles. The first-order chi connectivity index (χ1) is 21.7. The molecule has 238 valence electrons. The third-order valence-electron chi connectivity index (χ3n) is 7.72. The third kappa shape index (κ3) is 9.91. The zero-order valence-electron chi connectivity index (χ0n) is 25.5. The van der Waals surface area contributed by atoms with Gasteiger partial charge in [-0.1, -0.05) is 110 Å². The van der Waals surface area contributed by atoms with Crippen molar-refractivity contribution in [2.24, 2.45) is 0 Å². The van der Waals surface area contributed by atoms with Gasteiger partial charge in [0.1, 0.15) is 18.9 Å².